The van der Waals surface area contributed by atoms with Gasteiger partial charge >= 0.3 is 0 Å². The fourth-order valence-corrected chi connectivity index (χ4v) is 2.48. The van der Waals surface area contributed by atoms with E-state index in [-0.39, 0.29) is 0 Å². The van der Waals surface area contributed by atoms with Crippen LogP contribution in [0.2, 0.25) is 0 Å². The summed E-state index contributed by atoms with van der Waals surface area (Å²) >= 11 is 1.61. The van der Waals surface area contributed by atoms with Gasteiger partial charge in [-0.15, -0.1) is 0 Å². The largest absolute Gasteiger partial charge is 0.387 e. The molecule has 15 heavy (non-hydrogen) atoms. The van der Waals surface area contributed by atoms with Gasteiger partial charge in [-0.25, -0.2) is 0 Å². The third-order valence-corrected chi connectivity index (χ3v) is 3.36. The highest BCUT2D eigenvalue weighted by atomic mass is 32.1. The smallest absolute Gasteiger partial charge is 0.0922 e. The Hall–Kier alpha value is -0.420. The van der Waals surface area contributed by atoms with Crippen LogP contribution in [0.25, 0.3) is 0 Å². The average Bonchev–Trinajstić information content (AvgIpc) is 2.90. The van der Waals surface area contributed by atoms with Crippen molar-refractivity contribution in [1.82, 2.24) is 5.32 Å². The maximum atomic E-state index is 9.79. The molecule has 0 bridgehead atoms. The van der Waals surface area contributed by atoms with Crippen molar-refractivity contribution in [1.29, 1.82) is 0 Å². The van der Waals surface area contributed by atoms with Crippen LogP contribution in [0.15, 0.2) is 16.8 Å². The highest BCUT2D eigenvalue weighted by Gasteiger charge is 2.15. The Balaban J connectivity index is 1.65. The molecule has 84 valence electrons. The number of ether oxygens (including phenoxy) is 1. The van der Waals surface area contributed by atoms with Gasteiger partial charge in [0.05, 0.1) is 12.2 Å². The first kappa shape index (κ1) is 11.1. The van der Waals surface area contributed by atoms with E-state index in [4.69, 9.17) is 4.74 Å². The fraction of sp³-hybridized carbons (Fsp3) is 0.636. The standard InChI is InChI=1S/C11H17NO2S/c13-11(9-3-5-15-8-9)7-12-6-10-2-1-4-14-10/h3,5,8,10-13H,1-2,4,6-7H2. The lowest BCUT2D eigenvalue weighted by Crippen LogP contribution is -2.29. The minimum Gasteiger partial charge on any atom is -0.387 e. The second-order valence-electron chi connectivity index (χ2n) is 3.87. The van der Waals surface area contributed by atoms with Gasteiger partial charge in [0.1, 0.15) is 0 Å². The summed E-state index contributed by atoms with van der Waals surface area (Å²) in [5.41, 5.74) is 1.000. The van der Waals surface area contributed by atoms with Crippen molar-refractivity contribution in [3.63, 3.8) is 0 Å². The molecule has 1 saturated heterocycles. The predicted molar refractivity (Wildman–Crippen MR) is 61.1 cm³/mol. The third kappa shape index (κ3) is 3.28. The van der Waals surface area contributed by atoms with Gasteiger partial charge in [0.25, 0.3) is 0 Å². The summed E-state index contributed by atoms with van der Waals surface area (Å²) in [6.07, 6.45) is 2.26. The molecule has 0 radical (unpaired) electrons. The Kier molecular flexibility index (Phi) is 4.14. The molecule has 4 heteroatoms. The van der Waals surface area contributed by atoms with Crippen LogP contribution < -0.4 is 5.32 Å². The van der Waals surface area contributed by atoms with E-state index in [0.717, 1.165) is 25.1 Å². The second-order valence-corrected chi connectivity index (χ2v) is 4.65. The molecule has 0 amide bonds. The quantitative estimate of drug-likeness (QED) is 0.802. The van der Waals surface area contributed by atoms with Crippen molar-refractivity contribution in [2.75, 3.05) is 19.7 Å². The van der Waals surface area contributed by atoms with Crippen LogP contribution in [-0.2, 0) is 4.74 Å². The van der Waals surface area contributed by atoms with Gasteiger partial charge in [0.2, 0.25) is 0 Å². The summed E-state index contributed by atoms with van der Waals surface area (Å²) in [5.74, 6) is 0. The molecular weight excluding hydrogens is 210 g/mol. The summed E-state index contributed by atoms with van der Waals surface area (Å²) in [6.45, 7) is 2.34. The van der Waals surface area contributed by atoms with Gasteiger partial charge in [-0.05, 0) is 35.2 Å². The number of thiophene rings is 1. The average molecular weight is 227 g/mol. The van der Waals surface area contributed by atoms with E-state index in [0.29, 0.717) is 12.6 Å². The molecule has 0 spiro atoms. The highest BCUT2D eigenvalue weighted by Crippen LogP contribution is 2.15. The lowest BCUT2D eigenvalue weighted by molar-refractivity contribution is 0.103. The topological polar surface area (TPSA) is 41.5 Å². The number of hydrogen-bond donors (Lipinski definition) is 2. The SMILES string of the molecule is OC(CNCC1CCCO1)c1ccsc1. The molecule has 2 N–H and O–H groups in total. The fourth-order valence-electron chi connectivity index (χ4n) is 1.77. The van der Waals surface area contributed by atoms with E-state index in [1.165, 1.54) is 6.42 Å². The maximum absolute atomic E-state index is 9.79. The van der Waals surface area contributed by atoms with Gasteiger partial charge < -0.3 is 15.2 Å². The van der Waals surface area contributed by atoms with Crippen LogP contribution in [0.5, 0.6) is 0 Å². The van der Waals surface area contributed by atoms with Crippen molar-refractivity contribution in [2.45, 2.75) is 25.0 Å². The Bertz CT molecular complexity index is 270. The summed E-state index contributed by atoms with van der Waals surface area (Å²) < 4.78 is 5.48. The van der Waals surface area contributed by atoms with Crippen LogP contribution >= 0.6 is 11.3 Å². The molecule has 2 unspecified atom stereocenters. The normalized spacial score (nSPS) is 23.1. The lowest BCUT2D eigenvalue weighted by atomic mass is 10.2. The van der Waals surface area contributed by atoms with E-state index in [9.17, 15) is 5.11 Å². The van der Waals surface area contributed by atoms with Crippen molar-refractivity contribution in [3.8, 4) is 0 Å². The maximum Gasteiger partial charge on any atom is 0.0922 e. The zero-order valence-corrected chi connectivity index (χ0v) is 9.50. The van der Waals surface area contributed by atoms with Gasteiger partial charge in [0, 0.05) is 19.7 Å². The van der Waals surface area contributed by atoms with Crippen LogP contribution in [0.1, 0.15) is 24.5 Å². The third-order valence-electron chi connectivity index (χ3n) is 2.66. The summed E-state index contributed by atoms with van der Waals surface area (Å²) in [6, 6.07) is 1.96. The molecule has 0 aromatic carbocycles. The summed E-state index contributed by atoms with van der Waals surface area (Å²) in [7, 11) is 0. The first-order chi connectivity index (χ1) is 7.36. The Morgan fingerprint density at radius 2 is 2.60 bits per heavy atom. The van der Waals surface area contributed by atoms with Crippen LogP contribution in [0.4, 0.5) is 0 Å². The van der Waals surface area contributed by atoms with E-state index in [2.05, 4.69) is 5.32 Å². The second kappa shape index (κ2) is 5.61. The zero-order chi connectivity index (χ0) is 10.5. The van der Waals surface area contributed by atoms with Crippen molar-refractivity contribution >= 4 is 11.3 Å². The van der Waals surface area contributed by atoms with E-state index in [1.807, 2.05) is 16.8 Å². The molecule has 2 rings (SSSR count). The predicted octanol–water partition coefficient (Wildman–Crippen LogP) is 1.55. The Labute approximate surface area is 94.1 Å². The Morgan fingerprint density at radius 1 is 1.67 bits per heavy atom. The van der Waals surface area contributed by atoms with E-state index < -0.39 is 6.10 Å². The summed E-state index contributed by atoms with van der Waals surface area (Å²) in [4.78, 5) is 0. The van der Waals surface area contributed by atoms with Gasteiger partial charge in [0.15, 0.2) is 0 Å². The monoisotopic (exact) mass is 227 g/mol. The van der Waals surface area contributed by atoms with Crippen molar-refractivity contribution in [2.24, 2.45) is 0 Å². The summed E-state index contributed by atoms with van der Waals surface area (Å²) in [5, 5.41) is 17.0. The van der Waals surface area contributed by atoms with Gasteiger partial charge in [-0.1, -0.05) is 0 Å². The highest BCUT2D eigenvalue weighted by molar-refractivity contribution is 7.07. The van der Waals surface area contributed by atoms with Crippen LogP contribution in [0.3, 0.4) is 0 Å². The zero-order valence-electron chi connectivity index (χ0n) is 8.69. The molecule has 2 heterocycles. The minimum atomic E-state index is -0.391. The molecule has 1 aromatic heterocycles. The van der Waals surface area contributed by atoms with E-state index in [1.54, 1.807) is 11.3 Å². The van der Waals surface area contributed by atoms with Crippen LogP contribution in [-0.4, -0.2) is 30.9 Å². The molecule has 3 nitrogen and oxygen atoms in total. The number of aliphatic hydroxyl groups is 1. The molecule has 2 atom stereocenters. The van der Waals surface area contributed by atoms with Gasteiger partial charge in [-0.3, -0.25) is 0 Å². The number of nitrogens with one attached hydrogen (secondary N) is 1. The number of aliphatic hydroxyl groups excluding tert-OH is 1. The first-order valence-corrected chi connectivity index (χ1v) is 6.33. The first-order valence-electron chi connectivity index (χ1n) is 5.39. The molecule has 0 aliphatic carbocycles. The molecule has 0 saturated carbocycles. The number of hydrogen-bond acceptors (Lipinski definition) is 4. The molecule has 1 aliphatic heterocycles. The van der Waals surface area contributed by atoms with Crippen LogP contribution in [0, 0.1) is 0 Å². The van der Waals surface area contributed by atoms with Crippen molar-refractivity contribution in [3.05, 3.63) is 22.4 Å². The minimum absolute atomic E-state index is 0.347. The molecule has 1 aliphatic rings. The van der Waals surface area contributed by atoms with E-state index >= 15 is 0 Å². The molecular formula is C11H17NO2S. The van der Waals surface area contributed by atoms with Gasteiger partial charge in [-0.2, -0.15) is 11.3 Å². The van der Waals surface area contributed by atoms with Crippen molar-refractivity contribution < 1.29 is 9.84 Å². The molecule has 1 fully saturated rings. The lowest BCUT2D eigenvalue weighted by Gasteiger charge is -2.13. The Morgan fingerprint density at radius 3 is 3.27 bits per heavy atom. The number of rotatable bonds is 5. The molecule has 1 aromatic rings.